The fraction of sp³-hybridized carbons (Fsp3) is 0.417. The number of carbonyl (C=O) groups excluding carboxylic acids is 1. The van der Waals surface area contributed by atoms with Crippen LogP contribution in [0.2, 0.25) is 0 Å². The number of phenolic OH excluding ortho intramolecular Hbond substituents is 1. The van der Waals surface area contributed by atoms with Crippen LogP contribution in [0.1, 0.15) is 17.3 Å². The molecule has 17 heavy (non-hydrogen) atoms. The van der Waals surface area contributed by atoms with Crippen LogP contribution in [0.4, 0.5) is 0 Å². The van der Waals surface area contributed by atoms with Crippen molar-refractivity contribution in [3.05, 3.63) is 27.3 Å². The highest BCUT2D eigenvalue weighted by molar-refractivity contribution is 14.1. The summed E-state index contributed by atoms with van der Waals surface area (Å²) in [7, 11) is 0. The second kappa shape index (κ2) is 5.22. The van der Waals surface area contributed by atoms with E-state index in [2.05, 4.69) is 5.32 Å². The second-order valence-corrected chi connectivity index (χ2v) is 5.38. The number of rotatable bonds is 1. The summed E-state index contributed by atoms with van der Waals surface area (Å²) < 4.78 is 0.757. The Bertz CT molecular complexity index is 437. The van der Waals surface area contributed by atoms with Gasteiger partial charge < -0.3 is 15.3 Å². The largest absolute Gasteiger partial charge is 0.507 e. The Balaban J connectivity index is 2.21. The molecule has 2 N–H and O–H groups in total. The molecule has 1 atom stereocenters. The molecule has 0 spiro atoms. The number of nitrogens with zero attached hydrogens (tertiary/aromatic N) is 1. The molecule has 1 heterocycles. The molecule has 1 saturated heterocycles. The van der Waals surface area contributed by atoms with Crippen LogP contribution in [0.3, 0.4) is 0 Å². The van der Waals surface area contributed by atoms with Crippen molar-refractivity contribution in [3.63, 3.8) is 0 Å². The van der Waals surface area contributed by atoms with Gasteiger partial charge in [-0.3, -0.25) is 4.79 Å². The number of amides is 1. The molecule has 0 aromatic heterocycles. The number of hydrogen-bond acceptors (Lipinski definition) is 3. The lowest BCUT2D eigenvalue weighted by atomic mass is 10.1. The number of phenols is 1. The van der Waals surface area contributed by atoms with Gasteiger partial charge in [-0.05, 0) is 47.7 Å². The van der Waals surface area contributed by atoms with Crippen molar-refractivity contribution in [3.8, 4) is 5.75 Å². The molecular formula is C12H15IN2O2. The van der Waals surface area contributed by atoms with Crippen molar-refractivity contribution >= 4 is 28.5 Å². The molecule has 92 valence electrons. The highest BCUT2D eigenvalue weighted by Gasteiger charge is 2.24. The van der Waals surface area contributed by atoms with Crippen molar-refractivity contribution in [1.29, 1.82) is 0 Å². The van der Waals surface area contributed by atoms with Crippen LogP contribution < -0.4 is 5.32 Å². The SMILES string of the molecule is C[C@@H]1CNCCN1C(=O)c1ccc(I)c(O)c1. The Hall–Kier alpha value is -0.820. The molecule has 4 nitrogen and oxygen atoms in total. The average Bonchev–Trinajstić information content (AvgIpc) is 2.32. The van der Waals surface area contributed by atoms with Crippen LogP contribution in [-0.4, -0.2) is 41.6 Å². The fourth-order valence-electron chi connectivity index (χ4n) is 1.95. The molecule has 0 radical (unpaired) electrons. The molecule has 0 aliphatic carbocycles. The molecule has 1 amide bonds. The number of halogens is 1. The van der Waals surface area contributed by atoms with Crippen LogP contribution in [-0.2, 0) is 0 Å². The summed E-state index contributed by atoms with van der Waals surface area (Å²) in [4.78, 5) is 14.1. The van der Waals surface area contributed by atoms with Gasteiger partial charge in [0.05, 0.1) is 3.57 Å². The Morgan fingerprint density at radius 3 is 3.00 bits per heavy atom. The third-order valence-corrected chi connectivity index (χ3v) is 3.87. The molecule has 2 rings (SSSR count). The Morgan fingerprint density at radius 2 is 2.35 bits per heavy atom. The minimum absolute atomic E-state index is 0.00861. The summed E-state index contributed by atoms with van der Waals surface area (Å²) in [5.41, 5.74) is 0.552. The standard InChI is InChI=1S/C12H15IN2O2/c1-8-7-14-4-5-15(8)12(17)9-2-3-10(13)11(16)6-9/h2-3,6,8,14,16H,4-5,7H2,1H3/t8-/m1/s1. The Morgan fingerprint density at radius 1 is 1.59 bits per heavy atom. The molecule has 5 heteroatoms. The van der Waals surface area contributed by atoms with Gasteiger partial charge in [0.1, 0.15) is 5.75 Å². The fourth-order valence-corrected chi connectivity index (χ4v) is 2.29. The molecule has 1 aromatic carbocycles. The van der Waals surface area contributed by atoms with Gasteiger partial charge in [-0.2, -0.15) is 0 Å². The molecule has 0 unspecified atom stereocenters. The average molecular weight is 346 g/mol. The molecular weight excluding hydrogens is 331 g/mol. The maximum absolute atomic E-state index is 12.3. The van der Waals surface area contributed by atoms with E-state index in [0.717, 1.165) is 16.7 Å². The van der Waals surface area contributed by atoms with Gasteiger partial charge in [-0.1, -0.05) is 0 Å². The van der Waals surface area contributed by atoms with E-state index in [1.807, 2.05) is 34.4 Å². The molecule has 1 fully saturated rings. The minimum Gasteiger partial charge on any atom is -0.507 e. The van der Waals surface area contributed by atoms with Crippen molar-refractivity contribution in [2.75, 3.05) is 19.6 Å². The molecule has 1 aliphatic rings. The first-order valence-electron chi connectivity index (χ1n) is 5.60. The van der Waals surface area contributed by atoms with Gasteiger partial charge >= 0.3 is 0 Å². The van der Waals surface area contributed by atoms with Crippen LogP contribution in [0.15, 0.2) is 18.2 Å². The zero-order valence-corrected chi connectivity index (χ0v) is 11.8. The third-order valence-electron chi connectivity index (χ3n) is 2.96. The second-order valence-electron chi connectivity index (χ2n) is 4.22. The predicted molar refractivity (Wildman–Crippen MR) is 74.2 cm³/mol. The van der Waals surface area contributed by atoms with Gasteiger partial charge in [-0.25, -0.2) is 0 Å². The third kappa shape index (κ3) is 2.71. The minimum atomic E-state index is -0.00861. The van der Waals surface area contributed by atoms with Crippen molar-refractivity contribution in [2.24, 2.45) is 0 Å². The summed E-state index contributed by atoms with van der Waals surface area (Å²) in [5, 5.41) is 12.9. The maximum atomic E-state index is 12.3. The number of piperazine rings is 1. The van der Waals surface area contributed by atoms with Crippen LogP contribution in [0.5, 0.6) is 5.75 Å². The lowest BCUT2D eigenvalue weighted by Crippen LogP contribution is -2.52. The van der Waals surface area contributed by atoms with E-state index in [1.54, 1.807) is 18.2 Å². The number of hydrogen-bond donors (Lipinski definition) is 2. The van der Waals surface area contributed by atoms with Crippen LogP contribution >= 0.6 is 22.6 Å². The number of aromatic hydroxyl groups is 1. The number of benzene rings is 1. The quantitative estimate of drug-likeness (QED) is 0.757. The first-order valence-corrected chi connectivity index (χ1v) is 6.67. The zero-order chi connectivity index (χ0) is 12.4. The lowest BCUT2D eigenvalue weighted by molar-refractivity contribution is 0.0655. The van der Waals surface area contributed by atoms with Crippen molar-refractivity contribution in [1.82, 2.24) is 10.2 Å². The van der Waals surface area contributed by atoms with Crippen LogP contribution in [0.25, 0.3) is 0 Å². The summed E-state index contributed by atoms with van der Waals surface area (Å²) >= 11 is 2.04. The normalized spacial score (nSPS) is 20.4. The summed E-state index contributed by atoms with van der Waals surface area (Å²) in [6.45, 7) is 4.39. The molecule has 0 saturated carbocycles. The topological polar surface area (TPSA) is 52.6 Å². The van der Waals surface area contributed by atoms with E-state index in [0.29, 0.717) is 12.1 Å². The van der Waals surface area contributed by atoms with E-state index in [1.165, 1.54) is 0 Å². The van der Waals surface area contributed by atoms with E-state index >= 15 is 0 Å². The molecule has 0 bridgehead atoms. The number of carbonyl (C=O) groups is 1. The van der Waals surface area contributed by atoms with E-state index in [4.69, 9.17) is 0 Å². The van der Waals surface area contributed by atoms with Crippen LogP contribution in [0, 0.1) is 3.57 Å². The molecule has 1 aromatic rings. The number of nitrogens with one attached hydrogen (secondary N) is 1. The van der Waals surface area contributed by atoms with Gasteiger partial charge in [0.2, 0.25) is 0 Å². The summed E-state index contributed by atoms with van der Waals surface area (Å²) in [6.07, 6.45) is 0. The summed E-state index contributed by atoms with van der Waals surface area (Å²) in [5.74, 6) is 0.157. The Labute approximate surface area is 114 Å². The van der Waals surface area contributed by atoms with E-state index in [9.17, 15) is 9.90 Å². The maximum Gasteiger partial charge on any atom is 0.254 e. The van der Waals surface area contributed by atoms with E-state index in [-0.39, 0.29) is 17.7 Å². The first-order chi connectivity index (χ1) is 8.09. The predicted octanol–water partition coefficient (Wildman–Crippen LogP) is 1.43. The monoisotopic (exact) mass is 346 g/mol. The highest BCUT2D eigenvalue weighted by atomic mass is 127. The summed E-state index contributed by atoms with van der Waals surface area (Å²) in [6, 6.07) is 5.26. The highest BCUT2D eigenvalue weighted by Crippen LogP contribution is 2.22. The van der Waals surface area contributed by atoms with Gasteiger partial charge in [0.25, 0.3) is 5.91 Å². The van der Waals surface area contributed by atoms with Gasteiger partial charge in [0.15, 0.2) is 0 Å². The van der Waals surface area contributed by atoms with Gasteiger partial charge in [-0.15, -0.1) is 0 Å². The first kappa shape index (κ1) is 12.6. The van der Waals surface area contributed by atoms with Crippen molar-refractivity contribution < 1.29 is 9.90 Å². The van der Waals surface area contributed by atoms with E-state index < -0.39 is 0 Å². The smallest absolute Gasteiger partial charge is 0.254 e. The zero-order valence-electron chi connectivity index (χ0n) is 9.61. The van der Waals surface area contributed by atoms with Gasteiger partial charge in [0, 0.05) is 31.2 Å². The lowest BCUT2D eigenvalue weighted by Gasteiger charge is -2.34. The van der Waals surface area contributed by atoms with Crippen molar-refractivity contribution in [2.45, 2.75) is 13.0 Å². The Kier molecular flexibility index (Phi) is 3.88. The molecule has 1 aliphatic heterocycles.